The molecule has 3 N–H and O–H groups in total. The molecule has 0 spiro atoms. The fraction of sp³-hybridized carbons (Fsp3) is 0.500. The Morgan fingerprint density at radius 1 is 1.12 bits per heavy atom. The Hall–Kier alpha value is -2.84. The Morgan fingerprint density at radius 3 is 2.48 bits per heavy atom. The van der Waals surface area contributed by atoms with E-state index in [1.165, 1.54) is 38.8 Å². The lowest BCUT2D eigenvalue weighted by Crippen LogP contribution is -2.36. The topological polar surface area (TPSA) is 71.2 Å². The molecule has 1 saturated heterocycles. The van der Waals surface area contributed by atoms with Crippen molar-refractivity contribution in [2.24, 2.45) is 11.8 Å². The number of hydrogen-bond donors (Lipinski definition) is 2. The van der Waals surface area contributed by atoms with Gasteiger partial charge in [0.25, 0.3) is 5.91 Å². The Kier molecular flexibility index (Phi) is 8.91. The van der Waals surface area contributed by atoms with E-state index in [4.69, 9.17) is 5.73 Å². The van der Waals surface area contributed by atoms with E-state index in [0.29, 0.717) is 5.56 Å². The Labute approximate surface area is 199 Å². The van der Waals surface area contributed by atoms with Gasteiger partial charge < -0.3 is 11.1 Å². The molecule has 0 radical (unpaired) electrons. The number of hydrogen-bond acceptors (Lipinski definition) is 4. The highest BCUT2D eigenvalue weighted by atomic mass is 16.1. The van der Waals surface area contributed by atoms with E-state index < -0.39 is 0 Å². The van der Waals surface area contributed by atoms with E-state index in [1.54, 1.807) is 6.20 Å². The highest BCUT2D eigenvalue weighted by Crippen LogP contribution is 2.44. The summed E-state index contributed by atoms with van der Waals surface area (Å²) in [5, 5.41) is 3.10. The van der Waals surface area contributed by atoms with Crippen LogP contribution in [0.1, 0.15) is 63.2 Å². The molecule has 1 amide bonds. The number of fused-ring (bicyclic) bond motifs is 1. The van der Waals surface area contributed by atoms with Gasteiger partial charge in [0.15, 0.2) is 0 Å². The van der Waals surface area contributed by atoms with Crippen molar-refractivity contribution in [1.82, 2.24) is 15.2 Å². The number of nitrogens with two attached hydrogens (primary N) is 1. The third-order valence-electron chi connectivity index (χ3n) is 6.74. The average molecular weight is 447 g/mol. The average Bonchev–Trinajstić information content (AvgIpc) is 3.44. The molecule has 2 aromatic rings. The number of aromatic nitrogens is 1. The summed E-state index contributed by atoms with van der Waals surface area (Å²) in [7, 11) is 0. The Balaban J connectivity index is 0.000000233. The summed E-state index contributed by atoms with van der Waals surface area (Å²) in [6, 6.07) is 12.0. The molecular weight excluding hydrogens is 408 g/mol. The second-order valence-electron chi connectivity index (χ2n) is 9.21. The highest BCUT2D eigenvalue weighted by Gasteiger charge is 2.44. The molecule has 5 rings (SSSR count). The second-order valence-corrected chi connectivity index (χ2v) is 9.21. The Morgan fingerprint density at radius 2 is 1.82 bits per heavy atom. The predicted octanol–water partition coefficient (Wildman–Crippen LogP) is 4.99. The van der Waals surface area contributed by atoms with Crippen LogP contribution in [-0.4, -0.2) is 41.5 Å². The first-order valence-electron chi connectivity index (χ1n) is 11.9. The third-order valence-corrected chi connectivity index (χ3v) is 6.74. The zero-order valence-electron chi connectivity index (χ0n) is 19.0. The number of rotatable bonds is 4. The van der Waals surface area contributed by atoms with Gasteiger partial charge in [-0.3, -0.25) is 9.69 Å². The lowest BCUT2D eigenvalue weighted by molar-refractivity contribution is 0.0928. The summed E-state index contributed by atoms with van der Waals surface area (Å²) >= 11 is 0. The van der Waals surface area contributed by atoms with Crippen LogP contribution in [0, 0.1) is 23.7 Å². The Bertz CT molecular complexity index is 962. The monoisotopic (exact) mass is 446 g/mol. The van der Waals surface area contributed by atoms with Crippen molar-refractivity contribution in [3.8, 4) is 23.0 Å². The van der Waals surface area contributed by atoms with Crippen molar-refractivity contribution in [2.75, 3.05) is 25.4 Å². The second kappa shape index (κ2) is 11.9. The molecule has 33 heavy (non-hydrogen) atoms. The van der Waals surface area contributed by atoms with E-state index in [0.717, 1.165) is 42.3 Å². The summed E-state index contributed by atoms with van der Waals surface area (Å²) in [6.07, 6.45) is 8.94. The quantitative estimate of drug-likeness (QED) is 0.649. The van der Waals surface area contributed by atoms with Crippen LogP contribution in [-0.2, 0) is 0 Å². The number of amides is 1. The number of carbonyl (C=O) groups is 1. The molecule has 0 bridgehead atoms. The lowest BCUT2D eigenvalue weighted by atomic mass is 9.95. The van der Waals surface area contributed by atoms with Crippen molar-refractivity contribution in [1.29, 1.82) is 0 Å². The van der Waals surface area contributed by atoms with Gasteiger partial charge in [-0.05, 0) is 49.7 Å². The summed E-state index contributed by atoms with van der Waals surface area (Å²) in [5.74, 6) is 8.32. The van der Waals surface area contributed by atoms with Crippen molar-refractivity contribution in [3.63, 3.8) is 0 Å². The molecule has 1 aliphatic heterocycles. The maximum absolute atomic E-state index is 12.5. The molecule has 2 aliphatic carbocycles. The summed E-state index contributed by atoms with van der Waals surface area (Å²) < 4.78 is 0. The van der Waals surface area contributed by atoms with Crippen LogP contribution in [0.3, 0.4) is 0 Å². The third kappa shape index (κ3) is 6.82. The largest absolute Gasteiger partial charge is 0.383 e. The fourth-order valence-corrected chi connectivity index (χ4v) is 4.77. The zero-order valence-corrected chi connectivity index (χ0v) is 19.0. The predicted molar refractivity (Wildman–Crippen MR) is 137 cm³/mol. The van der Waals surface area contributed by atoms with Crippen LogP contribution in [0.4, 0.5) is 5.82 Å². The first kappa shape index (κ1) is 24.8. The number of carbonyl (C=O) groups excluding carboxylic acids is 1. The van der Waals surface area contributed by atoms with Gasteiger partial charge in [-0.2, -0.15) is 0 Å². The van der Waals surface area contributed by atoms with E-state index in [9.17, 15) is 4.79 Å². The number of nitrogens with one attached hydrogen (secondary N) is 1. The number of pyridine rings is 1. The zero-order chi connectivity index (χ0) is 22.3. The molecule has 3 aliphatic rings. The molecule has 5 heteroatoms. The maximum atomic E-state index is 12.5. The van der Waals surface area contributed by atoms with Gasteiger partial charge in [-0.15, -0.1) is 5.92 Å². The smallest absolute Gasteiger partial charge is 0.255 e. The number of piperidine rings is 1. The van der Waals surface area contributed by atoms with Crippen LogP contribution in [0.15, 0.2) is 42.6 Å². The van der Waals surface area contributed by atoms with E-state index in [2.05, 4.69) is 27.0 Å². The van der Waals surface area contributed by atoms with E-state index in [-0.39, 0.29) is 25.2 Å². The summed E-state index contributed by atoms with van der Waals surface area (Å²) in [5.41, 5.74) is 8.30. The van der Waals surface area contributed by atoms with Crippen molar-refractivity contribution >= 4 is 11.7 Å². The van der Waals surface area contributed by atoms with E-state index in [1.807, 2.05) is 43.3 Å². The molecule has 1 aromatic carbocycles. The minimum atomic E-state index is -0.116. The van der Waals surface area contributed by atoms with Crippen LogP contribution in [0.5, 0.6) is 0 Å². The molecule has 2 atom stereocenters. The van der Waals surface area contributed by atoms with Crippen LogP contribution >= 0.6 is 0 Å². The van der Waals surface area contributed by atoms with Crippen LogP contribution in [0.2, 0.25) is 0 Å². The van der Waals surface area contributed by atoms with Crippen LogP contribution < -0.4 is 11.1 Å². The number of nitrogens with zero attached hydrogens (tertiary/aromatic N) is 2. The molecule has 176 valence electrons. The van der Waals surface area contributed by atoms with Gasteiger partial charge in [0.1, 0.15) is 5.82 Å². The molecular formula is C28H38N4O. The molecule has 2 unspecified atom stereocenters. The van der Waals surface area contributed by atoms with Crippen LogP contribution in [0.25, 0.3) is 11.1 Å². The van der Waals surface area contributed by atoms with Gasteiger partial charge in [0.05, 0.1) is 12.1 Å². The van der Waals surface area contributed by atoms with Crippen molar-refractivity contribution in [2.45, 2.75) is 58.9 Å². The van der Waals surface area contributed by atoms with Gasteiger partial charge in [-0.1, -0.05) is 62.9 Å². The number of benzene rings is 1. The molecule has 2 heterocycles. The molecule has 1 aromatic heterocycles. The van der Waals surface area contributed by atoms with Gasteiger partial charge in [0.2, 0.25) is 0 Å². The normalized spacial score (nSPS) is 21.4. The maximum Gasteiger partial charge on any atom is 0.255 e. The lowest BCUT2D eigenvalue weighted by Gasteiger charge is -2.23. The first-order chi connectivity index (χ1) is 15.6. The van der Waals surface area contributed by atoms with Gasteiger partial charge >= 0.3 is 0 Å². The van der Waals surface area contributed by atoms with Crippen molar-refractivity contribution in [3.05, 3.63) is 48.2 Å². The molecule has 3 fully saturated rings. The first-order valence-corrected chi connectivity index (χ1v) is 11.9. The van der Waals surface area contributed by atoms with Gasteiger partial charge in [0, 0.05) is 30.9 Å². The summed E-state index contributed by atoms with van der Waals surface area (Å²) in [6.45, 7) is 5.55. The molecule has 2 saturated carbocycles. The minimum absolute atomic E-state index is 0. The summed E-state index contributed by atoms with van der Waals surface area (Å²) in [4.78, 5) is 19.1. The van der Waals surface area contributed by atoms with E-state index >= 15 is 0 Å². The standard InChI is InChI=1S/C18H21N3O.C9H13N.CH4/c19-17-16(18(22)21-15-9-5-2-6-10-15)11-14(12-20-17)13-7-3-1-4-8-13;1-2-3-4-10-6-8-5-9(8)7-10;/h1,3-4,7-8,11-12,15H,2,5-6,9-10H2,(H2,19,20)(H,21,22);8-9H,4-7H2,1H3;1H4. The number of likely N-dealkylation sites (tertiary alicyclic amines) is 1. The number of anilines is 1. The highest BCUT2D eigenvalue weighted by molar-refractivity contribution is 5.99. The fourth-order valence-electron chi connectivity index (χ4n) is 4.77. The van der Waals surface area contributed by atoms with Gasteiger partial charge in [-0.25, -0.2) is 4.98 Å². The SMILES string of the molecule is C.CC#CCN1CC2CC2C1.Nc1ncc(-c2ccccc2)cc1C(=O)NC1CCCCC1. The molecule has 5 nitrogen and oxygen atoms in total. The minimum Gasteiger partial charge on any atom is -0.383 e. The number of nitrogen functional groups attached to an aromatic ring is 1. The van der Waals surface area contributed by atoms with Crippen molar-refractivity contribution < 1.29 is 4.79 Å².